The van der Waals surface area contributed by atoms with Crippen molar-refractivity contribution in [3.8, 4) is 0 Å². The topological polar surface area (TPSA) is 67.4 Å². The quantitative estimate of drug-likeness (QED) is 0.417. The van der Waals surface area contributed by atoms with Gasteiger partial charge in [-0.1, -0.05) is 46.4 Å². The van der Waals surface area contributed by atoms with Crippen LogP contribution < -0.4 is 16.1 Å². The molecule has 2 aromatic carbocycles. The molecule has 0 fully saturated rings. The zero-order valence-electron chi connectivity index (χ0n) is 12.2. The van der Waals surface area contributed by atoms with Gasteiger partial charge in [-0.05, 0) is 24.3 Å². The summed E-state index contributed by atoms with van der Waals surface area (Å²) in [7, 11) is 0. The summed E-state index contributed by atoms with van der Waals surface area (Å²) >= 11 is 24.4. The van der Waals surface area contributed by atoms with Crippen LogP contribution >= 0.6 is 46.4 Å². The molecule has 0 radical (unpaired) electrons. The molecule has 0 atom stereocenters. The number of hydrazine groups is 1. The number of amidine groups is 1. The van der Waals surface area contributed by atoms with Crippen molar-refractivity contribution in [2.45, 2.75) is 6.42 Å². The number of nitrogens with two attached hydrogens (primary N) is 1. The zero-order chi connectivity index (χ0) is 17.4. The van der Waals surface area contributed by atoms with Gasteiger partial charge in [-0.15, -0.1) is 0 Å². The van der Waals surface area contributed by atoms with Gasteiger partial charge in [0.2, 0.25) is 0 Å². The Balaban J connectivity index is 1.94. The molecule has 0 aliphatic carbocycles. The van der Waals surface area contributed by atoms with Crippen LogP contribution in [0.2, 0.25) is 20.1 Å². The zero-order valence-corrected chi connectivity index (χ0v) is 15.2. The lowest BCUT2D eigenvalue weighted by molar-refractivity contribution is -0.463. The van der Waals surface area contributed by atoms with E-state index in [1.165, 1.54) is 5.01 Å². The van der Waals surface area contributed by atoms with E-state index >= 15 is 0 Å². The molecule has 126 valence electrons. The summed E-state index contributed by atoms with van der Waals surface area (Å²) in [4.78, 5) is 0.709. The Morgan fingerprint density at radius 2 is 1.71 bits per heavy atom. The molecular weight excluding hydrogens is 394 g/mol. The number of nitrogens with one attached hydrogen (secondary N) is 1. The van der Waals surface area contributed by atoms with E-state index in [9.17, 15) is 5.21 Å². The molecule has 0 spiro atoms. The maximum Gasteiger partial charge on any atom is 0.279 e. The summed E-state index contributed by atoms with van der Waals surface area (Å²) in [5, 5.41) is 18.5. The number of rotatable bonds is 2. The van der Waals surface area contributed by atoms with Gasteiger partial charge in [0.15, 0.2) is 0 Å². The molecule has 0 amide bonds. The van der Waals surface area contributed by atoms with E-state index in [2.05, 4.69) is 5.32 Å². The van der Waals surface area contributed by atoms with Crippen molar-refractivity contribution in [2.24, 2.45) is 0 Å². The van der Waals surface area contributed by atoms with Crippen LogP contribution in [0.25, 0.3) is 0 Å². The number of halogens is 4. The van der Waals surface area contributed by atoms with Crippen LogP contribution in [0.1, 0.15) is 6.42 Å². The Morgan fingerprint density at radius 1 is 1.04 bits per heavy atom. The van der Waals surface area contributed by atoms with Gasteiger partial charge in [0, 0.05) is 16.8 Å². The lowest BCUT2D eigenvalue weighted by atomic mass is 10.2. The minimum absolute atomic E-state index is 0.302. The first-order valence-electron chi connectivity index (χ1n) is 6.94. The molecule has 5 nitrogen and oxygen atoms in total. The van der Waals surface area contributed by atoms with Crippen LogP contribution in [0.15, 0.2) is 30.3 Å². The van der Waals surface area contributed by atoms with E-state index < -0.39 is 0 Å². The number of anilines is 3. The van der Waals surface area contributed by atoms with E-state index in [0.29, 0.717) is 60.8 Å². The van der Waals surface area contributed by atoms with Gasteiger partial charge in [-0.2, -0.15) is 4.85 Å². The van der Waals surface area contributed by atoms with Crippen molar-refractivity contribution in [1.29, 1.82) is 0 Å². The molecule has 2 aromatic rings. The fourth-order valence-corrected chi connectivity index (χ4v) is 3.61. The second kappa shape index (κ2) is 6.76. The highest BCUT2D eigenvalue weighted by Gasteiger charge is 2.29. The highest BCUT2D eigenvalue weighted by atomic mass is 35.5. The second-order valence-corrected chi connectivity index (χ2v) is 6.83. The van der Waals surface area contributed by atoms with Crippen molar-refractivity contribution in [3.05, 3.63) is 55.6 Å². The van der Waals surface area contributed by atoms with E-state index in [1.807, 2.05) is 0 Å². The van der Waals surface area contributed by atoms with Gasteiger partial charge in [-0.3, -0.25) is 0 Å². The maximum atomic E-state index is 12.6. The van der Waals surface area contributed by atoms with Crippen molar-refractivity contribution < 1.29 is 4.85 Å². The molecule has 9 heteroatoms. The fourth-order valence-electron chi connectivity index (χ4n) is 2.43. The molecule has 0 aromatic heterocycles. The second-order valence-electron chi connectivity index (χ2n) is 5.18. The first-order valence-corrected chi connectivity index (χ1v) is 8.45. The third-order valence-electron chi connectivity index (χ3n) is 3.52. The normalized spacial score (nSPS) is 14.4. The van der Waals surface area contributed by atoms with Crippen LogP contribution in [-0.4, -0.2) is 17.2 Å². The lowest BCUT2D eigenvalue weighted by Gasteiger charge is -2.24. The smallest absolute Gasteiger partial charge is 0.279 e. The highest BCUT2D eigenvalue weighted by molar-refractivity contribution is 6.41. The first-order chi connectivity index (χ1) is 11.4. The Bertz CT molecular complexity index is 817. The summed E-state index contributed by atoms with van der Waals surface area (Å²) in [5.41, 5.74) is 7.26. The average molecular weight is 406 g/mol. The molecule has 1 heterocycles. The number of benzene rings is 2. The SMILES string of the molecule is Nc1ccc(Cl)c(NC2=[N+]([O-])N(c3c(Cl)cc(Cl)cc3Cl)CC2)c1. The number of nitrogen functional groups attached to an aromatic ring is 1. The molecule has 3 N–H and O–H groups in total. The van der Waals surface area contributed by atoms with Crippen LogP contribution in [0, 0.1) is 5.21 Å². The molecule has 0 unspecified atom stereocenters. The number of nitrogens with zero attached hydrogens (tertiary/aromatic N) is 2. The maximum absolute atomic E-state index is 12.6. The Labute approximate surface area is 158 Å². The van der Waals surface area contributed by atoms with Gasteiger partial charge in [0.25, 0.3) is 5.84 Å². The van der Waals surface area contributed by atoms with Crippen molar-refractivity contribution in [2.75, 3.05) is 22.6 Å². The van der Waals surface area contributed by atoms with E-state index in [4.69, 9.17) is 52.1 Å². The first kappa shape index (κ1) is 17.3. The summed E-state index contributed by atoms with van der Waals surface area (Å²) in [6.45, 7) is 0.410. The van der Waals surface area contributed by atoms with Gasteiger partial charge in [0.05, 0.1) is 28.0 Å². The van der Waals surface area contributed by atoms with Crippen molar-refractivity contribution in [3.63, 3.8) is 0 Å². The van der Waals surface area contributed by atoms with Gasteiger partial charge >= 0.3 is 0 Å². The minimum atomic E-state index is 0.302. The molecule has 3 rings (SSSR count). The molecule has 24 heavy (non-hydrogen) atoms. The van der Waals surface area contributed by atoms with E-state index in [-0.39, 0.29) is 0 Å². The minimum Gasteiger partial charge on any atom is -0.692 e. The third-order valence-corrected chi connectivity index (χ3v) is 4.64. The molecular formula is C15H12Cl4N4O. The van der Waals surface area contributed by atoms with Crippen LogP contribution in [0.5, 0.6) is 0 Å². The highest BCUT2D eigenvalue weighted by Crippen LogP contribution is 2.38. The lowest BCUT2D eigenvalue weighted by Crippen LogP contribution is -2.30. The Morgan fingerprint density at radius 3 is 2.38 bits per heavy atom. The molecule has 1 aliphatic heterocycles. The van der Waals surface area contributed by atoms with Gasteiger partial charge < -0.3 is 10.9 Å². The van der Waals surface area contributed by atoms with E-state index in [1.54, 1.807) is 30.3 Å². The van der Waals surface area contributed by atoms with Gasteiger partial charge in [0.1, 0.15) is 11.4 Å². The summed E-state index contributed by atoms with van der Waals surface area (Å²) < 4.78 is 0. The molecule has 1 aliphatic rings. The standard InChI is InChI=1S/C15H12Cl4N4O/c16-8-5-11(18)15(12(19)6-8)22-4-3-14(23(22)24)21-13-7-9(20)1-2-10(13)17/h1-2,5-7,21H,3-4,20H2. The molecule has 0 saturated carbocycles. The monoisotopic (exact) mass is 404 g/mol. The third kappa shape index (κ3) is 3.30. The van der Waals surface area contributed by atoms with Crippen LogP contribution in [-0.2, 0) is 0 Å². The van der Waals surface area contributed by atoms with Crippen LogP contribution in [0.3, 0.4) is 0 Å². The molecule has 0 bridgehead atoms. The fraction of sp³-hybridized carbons (Fsp3) is 0.133. The largest absolute Gasteiger partial charge is 0.692 e. The van der Waals surface area contributed by atoms with E-state index in [0.717, 1.165) is 0 Å². The predicted octanol–water partition coefficient (Wildman–Crippen LogP) is 5.03. The summed E-state index contributed by atoms with van der Waals surface area (Å²) in [6.07, 6.45) is 0.462. The molecule has 0 saturated heterocycles. The number of hydrazone groups is 1. The Kier molecular flexibility index (Phi) is 4.88. The van der Waals surface area contributed by atoms with Crippen molar-refractivity contribution >= 4 is 69.3 Å². The average Bonchev–Trinajstić information content (AvgIpc) is 2.84. The predicted molar refractivity (Wildman–Crippen MR) is 102 cm³/mol. The van der Waals surface area contributed by atoms with Gasteiger partial charge in [-0.25, -0.2) is 10.3 Å². The summed E-state index contributed by atoms with van der Waals surface area (Å²) in [5.74, 6) is 0.407. The number of hydrogen-bond acceptors (Lipinski definition) is 4. The Hall–Kier alpha value is -1.53. The number of hydrogen-bond donors (Lipinski definition) is 2. The summed E-state index contributed by atoms with van der Waals surface area (Å²) in [6, 6.07) is 8.08. The van der Waals surface area contributed by atoms with Crippen molar-refractivity contribution in [1.82, 2.24) is 0 Å². The van der Waals surface area contributed by atoms with Crippen LogP contribution in [0.4, 0.5) is 17.1 Å².